The maximum Gasteiger partial charge on any atom is 0.126 e. The Morgan fingerprint density at radius 3 is 2.41 bits per heavy atom. The zero-order chi connectivity index (χ0) is 18.8. The Morgan fingerprint density at radius 2 is 1.67 bits per heavy atom. The van der Waals surface area contributed by atoms with Crippen LogP contribution in [0.25, 0.3) is 0 Å². The smallest absolute Gasteiger partial charge is 0.126 e. The van der Waals surface area contributed by atoms with E-state index in [-0.39, 0.29) is 12.2 Å². The summed E-state index contributed by atoms with van der Waals surface area (Å²) in [5.41, 5.74) is 4.09. The predicted octanol–water partition coefficient (Wildman–Crippen LogP) is 6.14. The van der Waals surface area contributed by atoms with E-state index in [9.17, 15) is 5.11 Å². The van der Waals surface area contributed by atoms with Gasteiger partial charge in [-0.1, -0.05) is 74.3 Å². The van der Waals surface area contributed by atoms with Crippen LogP contribution in [0, 0.1) is 0 Å². The van der Waals surface area contributed by atoms with Gasteiger partial charge in [0.1, 0.15) is 11.9 Å². The molecular formula is C22H18Br2N2O. The average molecular weight is 486 g/mol. The Kier molecular flexibility index (Phi) is 5.43. The molecular weight excluding hydrogens is 468 g/mol. The van der Waals surface area contributed by atoms with Crippen molar-refractivity contribution in [3.05, 3.63) is 98.4 Å². The van der Waals surface area contributed by atoms with Gasteiger partial charge in [0, 0.05) is 32.7 Å². The van der Waals surface area contributed by atoms with Gasteiger partial charge in [-0.15, -0.1) is 0 Å². The molecule has 0 amide bonds. The number of nitrogens with zero attached hydrogens (tertiary/aromatic N) is 1. The quantitative estimate of drug-likeness (QED) is 0.468. The minimum Gasteiger partial charge on any atom is -0.508 e. The second-order valence-electron chi connectivity index (χ2n) is 6.52. The molecule has 3 aromatic rings. The largest absolute Gasteiger partial charge is 0.508 e. The standard InChI is InChI=1S/C22H18Br2N2O/c23-16-10-8-14(9-11-16)22-25-19(15-4-3-5-17(24)12-15)13-20(26-22)18-6-1-2-7-21(18)27/h1-12,20,22,26-27H,13H2. The Labute approximate surface area is 175 Å². The number of halogens is 2. The van der Waals surface area contributed by atoms with Crippen molar-refractivity contribution in [3.63, 3.8) is 0 Å². The van der Waals surface area contributed by atoms with Crippen LogP contribution in [-0.4, -0.2) is 10.8 Å². The minimum absolute atomic E-state index is 0.0219. The molecule has 0 aliphatic carbocycles. The first-order valence-corrected chi connectivity index (χ1v) is 10.3. The van der Waals surface area contributed by atoms with Crippen LogP contribution < -0.4 is 5.32 Å². The van der Waals surface area contributed by atoms with E-state index in [0.717, 1.165) is 31.3 Å². The number of aromatic hydroxyl groups is 1. The summed E-state index contributed by atoms with van der Waals surface area (Å²) in [6.45, 7) is 0. The summed E-state index contributed by atoms with van der Waals surface area (Å²) < 4.78 is 2.07. The highest BCUT2D eigenvalue weighted by atomic mass is 79.9. The number of rotatable bonds is 3. The van der Waals surface area contributed by atoms with Crippen molar-refractivity contribution in [1.82, 2.24) is 5.32 Å². The van der Waals surface area contributed by atoms with Gasteiger partial charge in [-0.3, -0.25) is 10.3 Å². The van der Waals surface area contributed by atoms with Crippen molar-refractivity contribution in [1.29, 1.82) is 0 Å². The zero-order valence-electron chi connectivity index (χ0n) is 14.4. The highest BCUT2D eigenvalue weighted by Gasteiger charge is 2.27. The lowest BCUT2D eigenvalue weighted by Gasteiger charge is -2.31. The molecule has 5 heteroatoms. The summed E-state index contributed by atoms with van der Waals surface area (Å²) in [5.74, 6) is 0.306. The topological polar surface area (TPSA) is 44.6 Å². The lowest BCUT2D eigenvalue weighted by atomic mass is 9.93. The lowest BCUT2D eigenvalue weighted by Crippen LogP contribution is -2.33. The van der Waals surface area contributed by atoms with Gasteiger partial charge in [-0.05, 0) is 41.5 Å². The number of phenols is 1. The molecule has 2 N–H and O–H groups in total. The fraction of sp³-hybridized carbons (Fsp3) is 0.136. The maximum atomic E-state index is 10.4. The first-order valence-electron chi connectivity index (χ1n) is 8.72. The molecule has 2 unspecified atom stereocenters. The van der Waals surface area contributed by atoms with Gasteiger partial charge in [-0.25, -0.2) is 0 Å². The molecule has 1 aliphatic heterocycles. The van der Waals surface area contributed by atoms with Crippen molar-refractivity contribution in [2.75, 3.05) is 0 Å². The fourth-order valence-electron chi connectivity index (χ4n) is 3.35. The Hall–Kier alpha value is -1.95. The van der Waals surface area contributed by atoms with Gasteiger partial charge in [0.15, 0.2) is 0 Å². The highest BCUT2D eigenvalue weighted by Crippen LogP contribution is 2.34. The van der Waals surface area contributed by atoms with Crippen LogP contribution in [0.3, 0.4) is 0 Å². The number of hydrogen-bond donors (Lipinski definition) is 2. The molecule has 1 aliphatic rings. The van der Waals surface area contributed by atoms with E-state index >= 15 is 0 Å². The maximum absolute atomic E-state index is 10.4. The lowest BCUT2D eigenvalue weighted by molar-refractivity contribution is 0.412. The predicted molar refractivity (Wildman–Crippen MR) is 116 cm³/mol. The molecule has 0 spiro atoms. The van der Waals surface area contributed by atoms with E-state index in [2.05, 4.69) is 61.4 Å². The third kappa shape index (κ3) is 4.15. The fourth-order valence-corrected chi connectivity index (χ4v) is 4.01. The van der Waals surface area contributed by atoms with Crippen LogP contribution in [0.1, 0.15) is 35.3 Å². The molecule has 0 aromatic heterocycles. The number of hydrogen-bond acceptors (Lipinski definition) is 3. The van der Waals surface area contributed by atoms with Gasteiger partial charge in [0.25, 0.3) is 0 Å². The van der Waals surface area contributed by atoms with Gasteiger partial charge < -0.3 is 5.11 Å². The number of phenolic OH excluding ortho intramolecular Hbond substituents is 1. The molecule has 0 saturated carbocycles. The second-order valence-corrected chi connectivity index (χ2v) is 8.35. The molecule has 0 radical (unpaired) electrons. The first-order chi connectivity index (χ1) is 13.1. The Morgan fingerprint density at radius 1 is 0.889 bits per heavy atom. The number of aliphatic imine (C=N–C) groups is 1. The first kappa shape index (κ1) is 18.4. The summed E-state index contributed by atoms with van der Waals surface area (Å²) in [6, 6.07) is 23.9. The second kappa shape index (κ2) is 7.97. The van der Waals surface area contributed by atoms with Crippen LogP contribution in [-0.2, 0) is 0 Å². The van der Waals surface area contributed by atoms with Crippen molar-refractivity contribution in [2.24, 2.45) is 4.99 Å². The van der Waals surface area contributed by atoms with E-state index in [1.165, 1.54) is 0 Å². The van der Waals surface area contributed by atoms with E-state index < -0.39 is 0 Å². The van der Waals surface area contributed by atoms with Crippen LogP contribution in [0.2, 0.25) is 0 Å². The van der Waals surface area contributed by atoms with Crippen molar-refractivity contribution in [2.45, 2.75) is 18.6 Å². The minimum atomic E-state index is -0.176. The Bertz CT molecular complexity index is 986. The zero-order valence-corrected chi connectivity index (χ0v) is 17.6. The summed E-state index contributed by atoms with van der Waals surface area (Å²) >= 11 is 7.04. The molecule has 0 fully saturated rings. The third-order valence-corrected chi connectivity index (χ3v) is 5.72. The van der Waals surface area contributed by atoms with E-state index in [1.54, 1.807) is 6.07 Å². The highest BCUT2D eigenvalue weighted by molar-refractivity contribution is 9.10. The van der Waals surface area contributed by atoms with Gasteiger partial charge in [0.2, 0.25) is 0 Å². The van der Waals surface area contributed by atoms with Crippen LogP contribution in [0.5, 0.6) is 5.75 Å². The van der Waals surface area contributed by atoms with Crippen LogP contribution in [0.15, 0.2) is 86.7 Å². The van der Waals surface area contributed by atoms with Crippen molar-refractivity contribution < 1.29 is 5.11 Å². The number of benzene rings is 3. The van der Waals surface area contributed by atoms with E-state index in [0.29, 0.717) is 12.2 Å². The van der Waals surface area contributed by atoms with E-state index in [1.807, 2.05) is 42.5 Å². The van der Waals surface area contributed by atoms with Crippen molar-refractivity contribution in [3.8, 4) is 5.75 Å². The average Bonchev–Trinajstić information content (AvgIpc) is 2.68. The summed E-state index contributed by atoms with van der Waals surface area (Å²) in [6.07, 6.45) is 0.534. The number of para-hydroxylation sites is 1. The van der Waals surface area contributed by atoms with Gasteiger partial charge >= 0.3 is 0 Å². The normalized spacial score (nSPS) is 19.6. The molecule has 2 atom stereocenters. The molecule has 1 heterocycles. The molecule has 0 saturated heterocycles. The molecule has 3 nitrogen and oxygen atoms in total. The monoisotopic (exact) mass is 484 g/mol. The van der Waals surface area contributed by atoms with Crippen LogP contribution >= 0.6 is 31.9 Å². The molecule has 27 heavy (non-hydrogen) atoms. The van der Waals surface area contributed by atoms with Gasteiger partial charge in [-0.2, -0.15) is 0 Å². The molecule has 136 valence electrons. The number of nitrogens with one attached hydrogen (secondary N) is 1. The van der Waals surface area contributed by atoms with Crippen molar-refractivity contribution >= 4 is 37.6 Å². The van der Waals surface area contributed by atoms with E-state index in [4.69, 9.17) is 4.99 Å². The van der Waals surface area contributed by atoms with Crippen LogP contribution in [0.4, 0.5) is 0 Å². The molecule has 3 aromatic carbocycles. The Balaban J connectivity index is 1.76. The SMILES string of the molecule is Oc1ccccc1C1CC(c2cccc(Br)c2)=NC(c2ccc(Br)cc2)N1. The summed E-state index contributed by atoms with van der Waals surface area (Å²) in [4.78, 5) is 4.99. The molecule has 0 bridgehead atoms. The molecule has 4 rings (SSSR count). The summed E-state index contributed by atoms with van der Waals surface area (Å²) in [5, 5.41) is 13.9. The summed E-state index contributed by atoms with van der Waals surface area (Å²) in [7, 11) is 0. The third-order valence-electron chi connectivity index (χ3n) is 4.70. The van der Waals surface area contributed by atoms with Gasteiger partial charge in [0.05, 0.1) is 0 Å².